The summed E-state index contributed by atoms with van der Waals surface area (Å²) in [6, 6.07) is 0. The number of hydrogen-bond acceptors (Lipinski definition) is 2. The molecule has 0 aromatic rings. The molecule has 11 heavy (non-hydrogen) atoms. The maximum Gasteiger partial charge on any atom is 0.246 e. The molecule has 60 valence electrons. The van der Waals surface area contributed by atoms with Crippen molar-refractivity contribution in [3.8, 4) is 0 Å². The lowest BCUT2D eigenvalue weighted by molar-refractivity contribution is -0.117. The Morgan fingerprint density at radius 1 is 1.73 bits per heavy atom. The Labute approximate surface area is 71.8 Å². The van der Waals surface area contributed by atoms with Crippen molar-refractivity contribution in [3.05, 3.63) is 22.6 Å². The molecular formula is C8H11NOS. The second-order valence-electron chi connectivity index (χ2n) is 2.42. The minimum Gasteiger partial charge on any atom is -0.355 e. The van der Waals surface area contributed by atoms with Gasteiger partial charge in [-0.1, -0.05) is 6.08 Å². The van der Waals surface area contributed by atoms with E-state index < -0.39 is 0 Å². The van der Waals surface area contributed by atoms with Crippen LogP contribution in [0.1, 0.15) is 12.8 Å². The molecule has 1 aliphatic rings. The summed E-state index contributed by atoms with van der Waals surface area (Å²) >= 11 is 4.16. The van der Waals surface area contributed by atoms with Crippen molar-refractivity contribution in [1.29, 1.82) is 0 Å². The Hall–Kier alpha value is -0.700. The van der Waals surface area contributed by atoms with E-state index in [9.17, 15) is 4.79 Å². The fourth-order valence-corrected chi connectivity index (χ4v) is 1.31. The van der Waals surface area contributed by atoms with Crippen LogP contribution >= 0.6 is 12.6 Å². The fourth-order valence-electron chi connectivity index (χ4n) is 1.02. The van der Waals surface area contributed by atoms with Crippen LogP contribution in [0, 0.1) is 0 Å². The lowest BCUT2D eigenvalue weighted by Gasteiger charge is -2.08. The highest BCUT2D eigenvalue weighted by Gasteiger charge is 2.09. The Kier molecular flexibility index (Phi) is 2.76. The molecule has 0 bridgehead atoms. The molecule has 0 radical (unpaired) electrons. The van der Waals surface area contributed by atoms with Crippen molar-refractivity contribution in [2.75, 3.05) is 7.05 Å². The number of carbonyl (C=O) groups excluding carboxylic acids is 1. The number of carbonyl (C=O) groups is 1. The third-order valence-corrected chi connectivity index (χ3v) is 1.92. The molecule has 1 N–H and O–H groups in total. The van der Waals surface area contributed by atoms with Gasteiger partial charge in [0.05, 0.1) is 0 Å². The van der Waals surface area contributed by atoms with E-state index in [1.807, 2.05) is 12.2 Å². The van der Waals surface area contributed by atoms with Gasteiger partial charge >= 0.3 is 0 Å². The van der Waals surface area contributed by atoms with Crippen molar-refractivity contribution < 1.29 is 4.79 Å². The fraction of sp³-hybridized carbons (Fsp3) is 0.375. The van der Waals surface area contributed by atoms with E-state index in [0.717, 1.165) is 23.3 Å². The lowest BCUT2D eigenvalue weighted by Crippen LogP contribution is -2.20. The van der Waals surface area contributed by atoms with Gasteiger partial charge in [-0.05, 0) is 18.9 Å². The predicted octanol–water partition coefficient (Wildman–Crippen LogP) is 1.27. The minimum atomic E-state index is 0.00431. The molecule has 0 fully saturated rings. The molecule has 1 rings (SSSR count). The van der Waals surface area contributed by atoms with Crippen LogP contribution in [0.2, 0.25) is 0 Å². The Balaban J connectivity index is 2.73. The average molecular weight is 169 g/mol. The lowest BCUT2D eigenvalue weighted by atomic mass is 10.0. The highest BCUT2D eigenvalue weighted by atomic mass is 32.1. The van der Waals surface area contributed by atoms with Crippen LogP contribution in [-0.2, 0) is 4.79 Å². The Bertz CT molecular complexity index is 230. The molecule has 1 aliphatic carbocycles. The summed E-state index contributed by atoms with van der Waals surface area (Å²) in [7, 11) is 1.64. The summed E-state index contributed by atoms with van der Waals surface area (Å²) in [6.07, 6.45) is 5.56. The third kappa shape index (κ3) is 2.12. The number of nitrogens with one attached hydrogen (secondary N) is 1. The summed E-state index contributed by atoms with van der Waals surface area (Å²) in [4.78, 5) is 12.0. The first-order valence-corrected chi connectivity index (χ1v) is 4.00. The summed E-state index contributed by atoms with van der Waals surface area (Å²) < 4.78 is 0. The smallest absolute Gasteiger partial charge is 0.246 e. The molecule has 0 atom stereocenters. The van der Waals surface area contributed by atoms with Crippen molar-refractivity contribution in [1.82, 2.24) is 5.32 Å². The second-order valence-corrected chi connectivity index (χ2v) is 2.93. The molecule has 0 aromatic heterocycles. The first kappa shape index (κ1) is 8.40. The van der Waals surface area contributed by atoms with Crippen molar-refractivity contribution >= 4 is 18.5 Å². The minimum absolute atomic E-state index is 0.00431. The maximum absolute atomic E-state index is 11.1. The summed E-state index contributed by atoms with van der Waals surface area (Å²) in [5, 5.41) is 2.59. The monoisotopic (exact) mass is 169 g/mol. The standard InChI is InChI=1S/C8H11NOS/c1-9-8(10)6-3-2-4-7(11)5-6/h4-5,11H,2-3H2,1H3,(H,9,10). The van der Waals surface area contributed by atoms with Gasteiger partial charge in [0.25, 0.3) is 0 Å². The predicted molar refractivity (Wildman–Crippen MR) is 48.5 cm³/mol. The van der Waals surface area contributed by atoms with Crippen molar-refractivity contribution in [2.24, 2.45) is 0 Å². The first-order valence-electron chi connectivity index (χ1n) is 3.56. The summed E-state index contributed by atoms with van der Waals surface area (Å²) in [6.45, 7) is 0. The van der Waals surface area contributed by atoms with Gasteiger partial charge < -0.3 is 5.32 Å². The van der Waals surface area contributed by atoms with E-state index in [0.29, 0.717) is 0 Å². The molecule has 0 heterocycles. The van der Waals surface area contributed by atoms with Crippen molar-refractivity contribution in [3.63, 3.8) is 0 Å². The summed E-state index contributed by atoms with van der Waals surface area (Å²) in [5.74, 6) is 0.00431. The van der Waals surface area contributed by atoms with Gasteiger partial charge in [0.15, 0.2) is 0 Å². The Morgan fingerprint density at radius 2 is 2.45 bits per heavy atom. The first-order chi connectivity index (χ1) is 5.24. The molecule has 0 aromatic carbocycles. The number of rotatable bonds is 1. The van der Waals surface area contributed by atoms with Gasteiger partial charge in [-0.2, -0.15) is 0 Å². The van der Waals surface area contributed by atoms with Gasteiger partial charge in [0.2, 0.25) is 5.91 Å². The van der Waals surface area contributed by atoms with Crippen LogP contribution in [-0.4, -0.2) is 13.0 Å². The van der Waals surface area contributed by atoms with Gasteiger partial charge in [0.1, 0.15) is 0 Å². The molecule has 0 spiro atoms. The largest absolute Gasteiger partial charge is 0.355 e. The van der Waals surface area contributed by atoms with Gasteiger partial charge in [0, 0.05) is 17.5 Å². The van der Waals surface area contributed by atoms with E-state index in [4.69, 9.17) is 0 Å². The molecule has 0 unspecified atom stereocenters. The molecule has 3 heteroatoms. The zero-order valence-electron chi connectivity index (χ0n) is 6.42. The molecule has 1 amide bonds. The number of amides is 1. The van der Waals surface area contributed by atoms with Crippen LogP contribution in [0.4, 0.5) is 0 Å². The normalized spacial score (nSPS) is 16.9. The van der Waals surface area contributed by atoms with E-state index in [1.165, 1.54) is 0 Å². The maximum atomic E-state index is 11.1. The van der Waals surface area contributed by atoms with Crippen LogP contribution in [0.25, 0.3) is 0 Å². The van der Waals surface area contributed by atoms with E-state index in [-0.39, 0.29) is 5.91 Å². The third-order valence-electron chi connectivity index (χ3n) is 1.61. The molecule has 2 nitrogen and oxygen atoms in total. The molecule has 0 saturated carbocycles. The van der Waals surface area contributed by atoms with E-state index in [1.54, 1.807) is 7.05 Å². The highest BCUT2D eigenvalue weighted by Crippen LogP contribution is 2.18. The van der Waals surface area contributed by atoms with Crippen LogP contribution in [0.5, 0.6) is 0 Å². The van der Waals surface area contributed by atoms with Crippen LogP contribution in [0.3, 0.4) is 0 Å². The molecular weight excluding hydrogens is 158 g/mol. The van der Waals surface area contributed by atoms with Crippen LogP contribution in [0.15, 0.2) is 22.6 Å². The number of likely N-dealkylation sites (N-methyl/N-ethyl adjacent to an activating group) is 1. The number of allylic oxidation sites excluding steroid dienone is 2. The number of thiol groups is 1. The SMILES string of the molecule is CNC(=O)C1=CC(S)=CCC1. The highest BCUT2D eigenvalue weighted by molar-refractivity contribution is 7.84. The topological polar surface area (TPSA) is 29.1 Å². The average Bonchev–Trinajstić information content (AvgIpc) is 2.03. The quantitative estimate of drug-likeness (QED) is 0.569. The summed E-state index contributed by atoms with van der Waals surface area (Å²) in [5.41, 5.74) is 0.819. The van der Waals surface area contributed by atoms with Gasteiger partial charge in [-0.15, -0.1) is 12.6 Å². The molecule has 0 aliphatic heterocycles. The molecule has 0 saturated heterocycles. The van der Waals surface area contributed by atoms with Gasteiger partial charge in [-0.25, -0.2) is 0 Å². The van der Waals surface area contributed by atoms with E-state index >= 15 is 0 Å². The van der Waals surface area contributed by atoms with Crippen molar-refractivity contribution in [2.45, 2.75) is 12.8 Å². The van der Waals surface area contributed by atoms with Crippen LogP contribution < -0.4 is 5.32 Å². The number of hydrogen-bond donors (Lipinski definition) is 2. The second kappa shape index (κ2) is 3.62. The Morgan fingerprint density at radius 3 is 3.00 bits per heavy atom. The zero-order valence-corrected chi connectivity index (χ0v) is 7.32. The van der Waals surface area contributed by atoms with E-state index in [2.05, 4.69) is 17.9 Å². The zero-order chi connectivity index (χ0) is 8.27. The van der Waals surface area contributed by atoms with Gasteiger partial charge in [-0.3, -0.25) is 4.79 Å².